The Bertz CT molecular complexity index is 815. The van der Waals surface area contributed by atoms with Crippen molar-refractivity contribution in [3.8, 4) is 0 Å². The van der Waals surface area contributed by atoms with Crippen molar-refractivity contribution >= 4 is 0 Å². The Kier molecular flexibility index (Phi) is 4.63. The third-order valence-corrected chi connectivity index (χ3v) is 4.07. The molecule has 0 amide bonds. The van der Waals surface area contributed by atoms with Crippen LogP contribution in [0.3, 0.4) is 0 Å². The summed E-state index contributed by atoms with van der Waals surface area (Å²) in [5, 5.41) is 29.0. The van der Waals surface area contributed by atoms with Gasteiger partial charge in [-0.2, -0.15) is 0 Å². The van der Waals surface area contributed by atoms with Crippen LogP contribution in [0.1, 0.15) is 11.8 Å². The topological polar surface area (TPSA) is 114 Å². The lowest BCUT2D eigenvalue weighted by Crippen LogP contribution is -2.43. The van der Waals surface area contributed by atoms with Crippen LogP contribution in [0, 0.1) is 0 Å². The molecule has 1 saturated heterocycles. The number of rotatable bonds is 4. The van der Waals surface area contributed by atoms with E-state index in [-0.39, 0.29) is 6.54 Å². The molecule has 24 heavy (non-hydrogen) atoms. The standard InChI is InChI=1S/C16H18N2O6/c19-9-11-13(21)14(22)15(24-11)17-7-6-12(20)18(16(17)23)8-10-4-2-1-3-5-10/h1-7,11,13-15,19,21-22H,8-9H2/t11-,13?,14?,15-/m1/s1. The summed E-state index contributed by atoms with van der Waals surface area (Å²) in [5.74, 6) is 0. The largest absolute Gasteiger partial charge is 0.394 e. The summed E-state index contributed by atoms with van der Waals surface area (Å²) >= 11 is 0. The maximum atomic E-state index is 12.6. The van der Waals surface area contributed by atoms with Gasteiger partial charge in [-0.1, -0.05) is 30.3 Å². The second-order valence-corrected chi connectivity index (χ2v) is 5.64. The van der Waals surface area contributed by atoms with Gasteiger partial charge in [0.2, 0.25) is 0 Å². The lowest BCUT2D eigenvalue weighted by atomic mass is 10.1. The van der Waals surface area contributed by atoms with E-state index >= 15 is 0 Å². The number of hydrogen-bond acceptors (Lipinski definition) is 6. The fraction of sp³-hybridized carbons (Fsp3) is 0.375. The second kappa shape index (κ2) is 6.70. The molecule has 1 aliphatic rings. The zero-order valence-corrected chi connectivity index (χ0v) is 12.7. The monoisotopic (exact) mass is 334 g/mol. The molecule has 1 aromatic carbocycles. The van der Waals surface area contributed by atoms with Gasteiger partial charge < -0.3 is 20.1 Å². The molecule has 0 aliphatic carbocycles. The fourth-order valence-electron chi connectivity index (χ4n) is 2.75. The third-order valence-electron chi connectivity index (χ3n) is 4.07. The number of aliphatic hydroxyl groups excluding tert-OH is 3. The molecule has 2 unspecified atom stereocenters. The zero-order valence-electron chi connectivity index (χ0n) is 12.7. The average Bonchev–Trinajstić information content (AvgIpc) is 2.88. The summed E-state index contributed by atoms with van der Waals surface area (Å²) in [6, 6.07) is 10.2. The Morgan fingerprint density at radius 3 is 2.38 bits per heavy atom. The van der Waals surface area contributed by atoms with Gasteiger partial charge in [-0.05, 0) is 5.56 Å². The minimum atomic E-state index is -1.39. The number of aromatic nitrogens is 2. The lowest BCUT2D eigenvalue weighted by Gasteiger charge is -2.18. The molecular formula is C16H18N2O6. The van der Waals surface area contributed by atoms with Gasteiger partial charge in [0, 0.05) is 12.3 Å². The van der Waals surface area contributed by atoms with Crippen LogP contribution in [0.25, 0.3) is 0 Å². The summed E-state index contributed by atoms with van der Waals surface area (Å²) in [7, 11) is 0. The second-order valence-electron chi connectivity index (χ2n) is 5.64. The first kappa shape index (κ1) is 16.6. The SMILES string of the molecule is O=c1ccn([C@@H]2O[C@H](CO)C(O)C2O)c(=O)n1Cc1ccccc1. The Morgan fingerprint density at radius 1 is 1.04 bits per heavy atom. The molecule has 2 aromatic rings. The molecule has 0 radical (unpaired) electrons. The average molecular weight is 334 g/mol. The number of hydrogen-bond donors (Lipinski definition) is 3. The molecule has 0 saturated carbocycles. The predicted molar refractivity (Wildman–Crippen MR) is 83.5 cm³/mol. The van der Waals surface area contributed by atoms with Crippen LogP contribution in [0.5, 0.6) is 0 Å². The van der Waals surface area contributed by atoms with E-state index in [1.54, 1.807) is 24.3 Å². The van der Waals surface area contributed by atoms with Crippen LogP contribution in [0.2, 0.25) is 0 Å². The lowest BCUT2D eigenvalue weighted by molar-refractivity contribution is -0.0555. The highest BCUT2D eigenvalue weighted by Gasteiger charge is 2.43. The number of ether oxygens (including phenoxy) is 1. The van der Waals surface area contributed by atoms with Gasteiger partial charge in [-0.25, -0.2) is 4.79 Å². The van der Waals surface area contributed by atoms with Crippen LogP contribution in [0.15, 0.2) is 52.2 Å². The van der Waals surface area contributed by atoms with Gasteiger partial charge in [0.05, 0.1) is 13.2 Å². The molecule has 0 spiro atoms. The molecule has 1 aromatic heterocycles. The molecular weight excluding hydrogens is 316 g/mol. The van der Waals surface area contributed by atoms with Gasteiger partial charge in [0.15, 0.2) is 6.23 Å². The Labute approximate surface area is 136 Å². The summed E-state index contributed by atoms with van der Waals surface area (Å²) in [6.07, 6.45) is -3.66. The van der Waals surface area contributed by atoms with Crippen molar-refractivity contribution in [1.82, 2.24) is 9.13 Å². The number of aliphatic hydroxyl groups is 3. The van der Waals surface area contributed by atoms with E-state index in [2.05, 4.69) is 0 Å². The minimum absolute atomic E-state index is 0.0775. The van der Waals surface area contributed by atoms with E-state index < -0.39 is 42.4 Å². The Hall–Kier alpha value is -2.26. The molecule has 4 atom stereocenters. The molecule has 3 N–H and O–H groups in total. The molecule has 8 nitrogen and oxygen atoms in total. The molecule has 8 heteroatoms. The van der Waals surface area contributed by atoms with E-state index in [0.29, 0.717) is 0 Å². The Balaban J connectivity index is 1.98. The van der Waals surface area contributed by atoms with Crippen LogP contribution in [-0.2, 0) is 11.3 Å². The van der Waals surface area contributed by atoms with E-state index in [1.807, 2.05) is 6.07 Å². The van der Waals surface area contributed by atoms with Crippen LogP contribution in [-0.4, -0.2) is 49.4 Å². The van der Waals surface area contributed by atoms with Crippen LogP contribution >= 0.6 is 0 Å². The highest BCUT2D eigenvalue weighted by Crippen LogP contribution is 2.27. The van der Waals surface area contributed by atoms with E-state index in [4.69, 9.17) is 9.84 Å². The van der Waals surface area contributed by atoms with Crippen LogP contribution in [0.4, 0.5) is 0 Å². The first-order valence-electron chi connectivity index (χ1n) is 7.51. The zero-order chi connectivity index (χ0) is 17.3. The summed E-state index contributed by atoms with van der Waals surface area (Å²) in [4.78, 5) is 24.7. The Morgan fingerprint density at radius 2 is 1.75 bits per heavy atom. The van der Waals surface area contributed by atoms with Crippen molar-refractivity contribution in [2.45, 2.75) is 31.1 Å². The van der Waals surface area contributed by atoms with Crippen LogP contribution < -0.4 is 11.2 Å². The first-order chi connectivity index (χ1) is 11.5. The predicted octanol–water partition coefficient (Wildman–Crippen LogP) is -1.33. The van der Waals surface area contributed by atoms with Crippen molar-refractivity contribution in [2.24, 2.45) is 0 Å². The molecule has 1 aliphatic heterocycles. The molecule has 1 fully saturated rings. The fourth-order valence-corrected chi connectivity index (χ4v) is 2.75. The summed E-state index contributed by atoms with van der Waals surface area (Å²) < 4.78 is 7.41. The third kappa shape index (κ3) is 2.92. The smallest absolute Gasteiger partial charge is 0.333 e. The quantitative estimate of drug-likeness (QED) is 0.638. The van der Waals surface area contributed by atoms with Gasteiger partial charge in [0.1, 0.15) is 18.3 Å². The first-order valence-corrected chi connectivity index (χ1v) is 7.51. The molecule has 128 valence electrons. The summed E-state index contributed by atoms with van der Waals surface area (Å²) in [5.41, 5.74) is -0.372. The minimum Gasteiger partial charge on any atom is -0.394 e. The van der Waals surface area contributed by atoms with Gasteiger partial charge in [0.25, 0.3) is 5.56 Å². The summed E-state index contributed by atoms with van der Waals surface area (Å²) in [6.45, 7) is -0.415. The highest BCUT2D eigenvalue weighted by molar-refractivity contribution is 5.15. The van der Waals surface area contributed by atoms with Gasteiger partial charge in [-0.3, -0.25) is 13.9 Å². The van der Waals surface area contributed by atoms with Crippen molar-refractivity contribution < 1.29 is 20.1 Å². The van der Waals surface area contributed by atoms with E-state index in [9.17, 15) is 19.8 Å². The van der Waals surface area contributed by atoms with Crippen molar-refractivity contribution in [3.05, 3.63) is 69.0 Å². The van der Waals surface area contributed by atoms with Gasteiger partial charge >= 0.3 is 5.69 Å². The maximum absolute atomic E-state index is 12.6. The van der Waals surface area contributed by atoms with Gasteiger partial charge in [-0.15, -0.1) is 0 Å². The maximum Gasteiger partial charge on any atom is 0.333 e. The van der Waals surface area contributed by atoms with Crippen molar-refractivity contribution in [1.29, 1.82) is 0 Å². The van der Waals surface area contributed by atoms with E-state index in [1.165, 1.54) is 12.3 Å². The molecule has 0 bridgehead atoms. The van der Waals surface area contributed by atoms with Crippen molar-refractivity contribution in [2.75, 3.05) is 6.61 Å². The highest BCUT2D eigenvalue weighted by atomic mass is 16.6. The number of benzene rings is 1. The van der Waals surface area contributed by atoms with E-state index in [0.717, 1.165) is 14.7 Å². The number of nitrogens with zero attached hydrogens (tertiary/aromatic N) is 2. The van der Waals surface area contributed by atoms with Crippen molar-refractivity contribution in [3.63, 3.8) is 0 Å². The molecule has 3 rings (SSSR count). The normalized spacial score (nSPS) is 26.6. The molecule has 2 heterocycles.